The molecule has 0 spiro atoms. The van der Waals surface area contributed by atoms with Gasteiger partial charge in [-0.2, -0.15) is 0 Å². The Hall–Kier alpha value is -2.66. The maximum Gasteiger partial charge on any atom is 0.305 e. The van der Waals surface area contributed by atoms with Gasteiger partial charge in [-0.1, -0.05) is 48.5 Å². The number of amides is 1. The molecule has 4 nitrogen and oxygen atoms in total. The van der Waals surface area contributed by atoms with Crippen LogP contribution >= 0.6 is 11.3 Å². The summed E-state index contributed by atoms with van der Waals surface area (Å²) < 4.78 is 0. The van der Waals surface area contributed by atoms with E-state index in [9.17, 15) is 9.59 Å². The Morgan fingerprint density at radius 3 is 2.56 bits per heavy atom. The van der Waals surface area contributed by atoms with Gasteiger partial charge in [0, 0.05) is 10.9 Å². The van der Waals surface area contributed by atoms with Crippen LogP contribution in [0, 0.1) is 0 Å². The quantitative estimate of drug-likeness (QED) is 0.681. The molecule has 0 fully saturated rings. The molecule has 25 heavy (non-hydrogen) atoms. The Bertz CT molecular complexity index is 874. The number of thiophene rings is 1. The van der Waals surface area contributed by atoms with Crippen LogP contribution < -0.4 is 5.32 Å². The second kappa shape index (κ2) is 7.94. The summed E-state index contributed by atoms with van der Waals surface area (Å²) in [6, 6.07) is 17.5. The van der Waals surface area contributed by atoms with Crippen LogP contribution in [0.2, 0.25) is 0 Å². The first-order valence-corrected chi connectivity index (χ1v) is 8.99. The predicted molar refractivity (Wildman–Crippen MR) is 99.9 cm³/mol. The minimum absolute atomic E-state index is 0.0942. The number of carboxylic acids is 1. The summed E-state index contributed by atoms with van der Waals surface area (Å²) in [4.78, 5) is 24.3. The topological polar surface area (TPSA) is 66.4 Å². The zero-order valence-corrected chi connectivity index (χ0v) is 14.5. The third kappa shape index (κ3) is 4.90. The molecule has 2 N–H and O–H groups in total. The molecular weight excluding hydrogens is 334 g/mol. The number of rotatable bonds is 7. The second-order valence-corrected chi connectivity index (χ2v) is 7.04. The van der Waals surface area contributed by atoms with Crippen molar-refractivity contribution < 1.29 is 14.7 Å². The molecule has 0 bridgehead atoms. The highest BCUT2D eigenvalue weighted by atomic mass is 32.1. The highest BCUT2D eigenvalue weighted by molar-refractivity contribution is 7.10. The lowest BCUT2D eigenvalue weighted by molar-refractivity contribution is -0.137. The summed E-state index contributed by atoms with van der Waals surface area (Å²) >= 11 is 1.52. The smallest absolute Gasteiger partial charge is 0.305 e. The number of carboxylic acid groups (broad SMARTS) is 1. The number of hydrogen-bond acceptors (Lipinski definition) is 3. The van der Waals surface area contributed by atoms with Gasteiger partial charge >= 0.3 is 5.97 Å². The zero-order chi connectivity index (χ0) is 17.6. The number of aliphatic carboxylic acids is 1. The molecule has 1 aromatic heterocycles. The fraction of sp³-hybridized carbons (Fsp3) is 0.200. The van der Waals surface area contributed by atoms with Crippen LogP contribution in [0.5, 0.6) is 0 Å². The largest absolute Gasteiger partial charge is 0.481 e. The van der Waals surface area contributed by atoms with Gasteiger partial charge in [0.1, 0.15) is 0 Å². The molecule has 128 valence electrons. The number of hydrogen-bond donors (Lipinski definition) is 2. The average molecular weight is 353 g/mol. The van der Waals surface area contributed by atoms with Gasteiger partial charge in [0.2, 0.25) is 5.91 Å². The van der Waals surface area contributed by atoms with E-state index in [4.69, 9.17) is 5.11 Å². The highest BCUT2D eigenvalue weighted by Gasteiger charge is 2.17. The molecule has 0 radical (unpaired) electrons. The summed E-state index contributed by atoms with van der Waals surface area (Å²) in [7, 11) is 0. The lowest BCUT2D eigenvalue weighted by Gasteiger charge is -2.17. The van der Waals surface area contributed by atoms with Crippen molar-refractivity contribution >= 4 is 34.0 Å². The number of nitrogens with one attached hydrogen (secondary N) is 1. The normalized spacial score (nSPS) is 12.0. The molecule has 0 saturated carbocycles. The molecule has 0 aliphatic rings. The van der Waals surface area contributed by atoms with E-state index in [2.05, 4.69) is 11.4 Å². The molecule has 1 heterocycles. The summed E-state index contributed by atoms with van der Waals surface area (Å²) in [5.74, 6) is -1.06. The van der Waals surface area contributed by atoms with E-state index >= 15 is 0 Å². The molecule has 3 aromatic rings. The maximum absolute atomic E-state index is 12.2. The Morgan fingerprint density at radius 2 is 1.84 bits per heavy atom. The number of fused-ring (bicyclic) bond motifs is 1. The predicted octanol–water partition coefficient (Wildman–Crippen LogP) is 3.65. The minimum atomic E-state index is -0.915. The van der Waals surface area contributed by atoms with E-state index in [1.54, 1.807) is 0 Å². The fourth-order valence-corrected chi connectivity index (χ4v) is 3.59. The highest BCUT2D eigenvalue weighted by Crippen LogP contribution is 2.17. The molecule has 1 unspecified atom stereocenters. The first kappa shape index (κ1) is 17.2. The molecular formula is C20H19NO3S. The first-order chi connectivity index (χ1) is 12.1. The monoisotopic (exact) mass is 353 g/mol. The third-order valence-electron chi connectivity index (χ3n) is 4.00. The Labute approximate surface area is 150 Å². The van der Waals surface area contributed by atoms with Crippen LogP contribution in [-0.2, 0) is 22.4 Å². The molecule has 0 saturated heterocycles. The molecule has 0 aliphatic heterocycles. The van der Waals surface area contributed by atoms with E-state index in [0.717, 1.165) is 21.2 Å². The van der Waals surface area contributed by atoms with E-state index in [0.29, 0.717) is 6.42 Å². The Morgan fingerprint density at radius 1 is 1.04 bits per heavy atom. The minimum Gasteiger partial charge on any atom is -0.481 e. The summed E-state index contributed by atoms with van der Waals surface area (Å²) in [6.07, 6.45) is 0.682. The lowest BCUT2D eigenvalue weighted by atomic mass is 10.00. The van der Waals surface area contributed by atoms with Crippen molar-refractivity contribution in [2.75, 3.05) is 0 Å². The Kier molecular flexibility index (Phi) is 5.46. The van der Waals surface area contributed by atoms with E-state index in [1.165, 1.54) is 11.3 Å². The van der Waals surface area contributed by atoms with Gasteiger partial charge in [-0.3, -0.25) is 9.59 Å². The van der Waals surface area contributed by atoms with Gasteiger partial charge in [0.05, 0.1) is 12.8 Å². The molecule has 1 amide bonds. The number of benzene rings is 2. The van der Waals surface area contributed by atoms with Crippen molar-refractivity contribution in [3.63, 3.8) is 0 Å². The molecule has 2 aromatic carbocycles. The van der Waals surface area contributed by atoms with Crippen molar-refractivity contribution in [2.45, 2.75) is 25.3 Å². The molecule has 5 heteroatoms. The summed E-state index contributed by atoms with van der Waals surface area (Å²) in [5.41, 5.74) is 1.02. The summed E-state index contributed by atoms with van der Waals surface area (Å²) in [5, 5.41) is 16.2. The van der Waals surface area contributed by atoms with Gasteiger partial charge in [0.15, 0.2) is 0 Å². The second-order valence-electron chi connectivity index (χ2n) is 6.00. The maximum atomic E-state index is 12.2. The van der Waals surface area contributed by atoms with E-state index in [-0.39, 0.29) is 18.7 Å². The van der Waals surface area contributed by atoms with Gasteiger partial charge in [-0.15, -0.1) is 11.3 Å². The summed E-state index contributed by atoms with van der Waals surface area (Å²) in [6.45, 7) is 0. The lowest BCUT2D eigenvalue weighted by Crippen LogP contribution is -2.38. The third-order valence-corrected chi connectivity index (χ3v) is 4.87. The van der Waals surface area contributed by atoms with Crippen LogP contribution in [-0.4, -0.2) is 23.0 Å². The van der Waals surface area contributed by atoms with Crippen molar-refractivity contribution in [2.24, 2.45) is 0 Å². The van der Waals surface area contributed by atoms with Gasteiger partial charge < -0.3 is 10.4 Å². The fourth-order valence-electron chi connectivity index (χ4n) is 2.89. The number of carbonyl (C=O) groups is 2. The number of carbonyl (C=O) groups excluding carboxylic acids is 1. The molecule has 3 rings (SSSR count). The zero-order valence-electron chi connectivity index (χ0n) is 13.6. The standard InChI is InChI=1S/C20H19NO3S/c22-19(13-18-6-3-9-25-18)21-17(12-20(23)24)11-14-7-8-15-4-1-2-5-16(15)10-14/h1-10,17H,11-13H2,(H,21,22)(H,23,24). The van der Waals surface area contributed by atoms with Crippen LogP contribution in [0.4, 0.5) is 0 Å². The molecule has 0 aliphatic carbocycles. The van der Waals surface area contributed by atoms with E-state index in [1.807, 2.05) is 53.9 Å². The van der Waals surface area contributed by atoms with Gasteiger partial charge in [-0.05, 0) is 34.2 Å². The van der Waals surface area contributed by atoms with Gasteiger partial charge in [-0.25, -0.2) is 0 Å². The van der Waals surface area contributed by atoms with Crippen LogP contribution in [0.15, 0.2) is 60.0 Å². The van der Waals surface area contributed by atoms with Crippen molar-refractivity contribution in [3.8, 4) is 0 Å². The van der Waals surface area contributed by atoms with E-state index < -0.39 is 12.0 Å². The van der Waals surface area contributed by atoms with Crippen molar-refractivity contribution in [1.29, 1.82) is 0 Å². The Balaban J connectivity index is 1.70. The van der Waals surface area contributed by atoms with Crippen molar-refractivity contribution in [3.05, 3.63) is 70.4 Å². The van der Waals surface area contributed by atoms with Crippen molar-refractivity contribution in [1.82, 2.24) is 5.32 Å². The van der Waals surface area contributed by atoms with Crippen LogP contribution in [0.1, 0.15) is 16.9 Å². The van der Waals surface area contributed by atoms with Crippen LogP contribution in [0.3, 0.4) is 0 Å². The van der Waals surface area contributed by atoms with Crippen LogP contribution in [0.25, 0.3) is 10.8 Å². The SMILES string of the molecule is O=C(O)CC(Cc1ccc2ccccc2c1)NC(=O)Cc1cccs1. The molecule has 1 atom stereocenters. The first-order valence-electron chi connectivity index (χ1n) is 8.11. The van der Waals surface area contributed by atoms with Gasteiger partial charge in [0.25, 0.3) is 0 Å². The average Bonchev–Trinajstić information content (AvgIpc) is 3.06.